The Kier molecular flexibility index (Phi) is 3.87. The van der Waals surface area contributed by atoms with Crippen LogP contribution in [0.5, 0.6) is 5.75 Å². The van der Waals surface area contributed by atoms with Gasteiger partial charge in [-0.2, -0.15) is 0 Å². The Labute approximate surface area is 117 Å². The minimum absolute atomic E-state index is 0.0577. The zero-order valence-corrected chi connectivity index (χ0v) is 11.4. The van der Waals surface area contributed by atoms with E-state index >= 15 is 0 Å². The van der Waals surface area contributed by atoms with Crippen molar-refractivity contribution in [3.63, 3.8) is 0 Å². The molecule has 1 saturated heterocycles. The fourth-order valence-electron chi connectivity index (χ4n) is 2.92. The lowest BCUT2D eigenvalue weighted by Gasteiger charge is -2.27. The normalized spacial score (nSPS) is 24.1. The van der Waals surface area contributed by atoms with E-state index in [2.05, 4.69) is 5.32 Å². The fourth-order valence-corrected chi connectivity index (χ4v) is 2.92. The van der Waals surface area contributed by atoms with Gasteiger partial charge in [0.15, 0.2) is 0 Å². The van der Waals surface area contributed by atoms with Crippen LogP contribution in [0.2, 0.25) is 0 Å². The SMILES string of the molecule is O=C1NCCCCC1N1CCOc2cccc(F)c2C1. The number of rotatable bonds is 1. The highest BCUT2D eigenvalue weighted by Gasteiger charge is 2.30. The molecule has 1 amide bonds. The standard InChI is InChI=1S/C15H19FN2O2/c16-12-4-3-6-14-11(12)10-18(8-9-20-14)13-5-1-2-7-17-15(13)19/h3-4,6,13H,1-2,5,7-10H2,(H,17,19). The molecule has 108 valence electrons. The monoisotopic (exact) mass is 278 g/mol. The van der Waals surface area contributed by atoms with Crippen molar-refractivity contribution in [3.05, 3.63) is 29.6 Å². The molecule has 1 aromatic carbocycles. The average molecular weight is 278 g/mol. The molecule has 0 bridgehead atoms. The number of amides is 1. The van der Waals surface area contributed by atoms with Gasteiger partial charge in [0.05, 0.1) is 6.04 Å². The zero-order valence-electron chi connectivity index (χ0n) is 11.4. The van der Waals surface area contributed by atoms with Crippen molar-refractivity contribution in [2.45, 2.75) is 31.8 Å². The maximum atomic E-state index is 14.0. The average Bonchev–Trinajstić information content (AvgIpc) is 2.77. The Morgan fingerprint density at radius 3 is 3.15 bits per heavy atom. The van der Waals surface area contributed by atoms with Crippen LogP contribution in [0.25, 0.3) is 0 Å². The summed E-state index contributed by atoms with van der Waals surface area (Å²) in [7, 11) is 0. The number of fused-ring (bicyclic) bond motifs is 1. The van der Waals surface area contributed by atoms with Crippen LogP contribution < -0.4 is 10.1 Å². The molecule has 0 spiro atoms. The summed E-state index contributed by atoms with van der Waals surface area (Å²) in [4.78, 5) is 14.2. The molecule has 0 radical (unpaired) electrons. The van der Waals surface area contributed by atoms with E-state index in [-0.39, 0.29) is 17.8 Å². The van der Waals surface area contributed by atoms with Gasteiger partial charge in [-0.3, -0.25) is 9.69 Å². The molecular weight excluding hydrogens is 259 g/mol. The van der Waals surface area contributed by atoms with E-state index in [0.717, 1.165) is 25.8 Å². The fraction of sp³-hybridized carbons (Fsp3) is 0.533. The first kappa shape index (κ1) is 13.4. The third-order valence-corrected chi connectivity index (χ3v) is 4.02. The van der Waals surface area contributed by atoms with Crippen molar-refractivity contribution in [2.75, 3.05) is 19.7 Å². The van der Waals surface area contributed by atoms with Gasteiger partial charge in [-0.1, -0.05) is 6.07 Å². The van der Waals surface area contributed by atoms with Crippen LogP contribution >= 0.6 is 0 Å². The predicted molar refractivity (Wildman–Crippen MR) is 73.0 cm³/mol. The van der Waals surface area contributed by atoms with Crippen LogP contribution in [0.1, 0.15) is 24.8 Å². The quantitative estimate of drug-likeness (QED) is 0.850. The van der Waals surface area contributed by atoms with Gasteiger partial charge in [0.25, 0.3) is 0 Å². The van der Waals surface area contributed by atoms with Crippen molar-refractivity contribution in [1.29, 1.82) is 0 Å². The topological polar surface area (TPSA) is 41.6 Å². The minimum atomic E-state index is -0.261. The second kappa shape index (κ2) is 5.79. The molecular formula is C15H19FN2O2. The van der Waals surface area contributed by atoms with E-state index in [9.17, 15) is 9.18 Å². The summed E-state index contributed by atoms with van der Waals surface area (Å²) in [6, 6.07) is 4.71. The van der Waals surface area contributed by atoms with Crippen LogP contribution in [0.3, 0.4) is 0 Å². The van der Waals surface area contributed by atoms with E-state index in [1.807, 2.05) is 4.90 Å². The van der Waals surface area contributed by atoms with E-state index in [1.54, 1.807) is 12.1 Å². The van der Waals surface area contributed by atoms with Crippen LogP contribution in [0.4, 0.5) is 4.39 Å². The van der Waals surface area contributed by atoms with Crippen molar-refractivity contribution in [3.8, 4) is 5.75 Å². The van der Waals surface area contributed by atoms with Gasteiger partial charge in [-0.05, 0) is 31.4 Å². The lowest BCUT2D eigenvalue weighted by molar-refractivity contribution is -0.126. The van der Waals surface area contributed by atoms with Crippen molar-refractivity contribution in [2.24, 2.45) is 0 Å². The summed E-state index contributed by atoms with van der Waals surface area (Å²) in [6.45, 7) is 2.30. The number of nitrogens with zero attached hydrogens (tertiary/aromatic N) is 1. The largest absolute Gasteiger partial charge is 0.492 e. The Morgan fingerprint density at radius 2 is 2.25 bits per heavy atom. The molecule has 2 aliphatic rings. The highest BCUT2D eigenvalue weighted by atomic mass is 19.1. The lowest BCUT2D eigenvalue weighted by Crippen LogP contribution is -2.46. The molecule has 2 heterocycles. The zero-order chi connectivity index (χ0) is 13.9. The van der Waals surface area contributed by atoms with Crippen molar-refractivity contribution >= 4 is 5.91 Å². The second-order valence-electron chi connectivity index (χ2n) is 5.34. The summed E-state index contributed by atoms with van der Waals surface area (Å²) in [5.74, 6) is 0.396. The molecule has 20 heavy (non-hydrogen) atoms. The number of carbonyl (C=O) groups is 1. The Bertz CT molecular complexity index is 507. The van der Waals surface area contributed by atoms with Crippen molar-refractivity contribution < 1.29 is 13.9 Å². The summed E-state index contributed by atoms with van der Waals surface area (Å²) in [5.41, 5.74) is 0.557. The first-order chi connectivity index (χ1) is 9.75. The maximum absolute atomic E-state index is 14.0. The van der Waals surface area contributed by atoms with Gasteiger partial charge < -0.3 is 10.1 Å². The van der Waals surface area contributed by atoms with Crippen LogP contribution in [0, 0.1) is 5.82 Å². The summed E-state index contributed by atoms with van der Waals surface area (Å²) in [5, 5.41) is 2.94. The molecule has 3 rings (SSSR count). The molecule has 0 aliphatic carbocycles. The number of carbonyl (C=O) groups excluding carboxylic acids is 1. The molecule has 1 atom stereocenters. The smallest absolute Gasteiger partial charge is 0.237 e. The predicted octanol–water partition coefficient (Wildman–Crippen LogP) is 1.69. The summed E-state index contributed by atoms with van der Waals surface area (Å²) < 4.78 is 19.6. The Balaban J connectivity index is 1.84. The van der Waals surface area contributed by atoms with Gasteiger partial charge in [-0.25, -0.2) is 4.39 Å². The van der Waals surface area contributed by atoms with Crippen LogP contribution in [-0.2, 0) is 11.3 Å². The third-order valence-electron chi connectivity index (χ3n) is 4.02. The number of hydrogen-bond donors (Lipinski definition) is 1. The van der Waals surface area contributed by atoms with Gasteiger partial charge in [0.2, 0.25) is 5.91 Å². The second-order valence-corrected chi connectivity index (χ2v) is 5.34. The van der Waals surface area contributed by atoms with Gasteiger partial charge >= 0.3 is 0 Å². The molecule has 1 N–H and O–H groups in total. The van der Waals surface area contributed by atoms with E-state index < -0.39 is 0 Å². The third kappa shape index (κ3) is 2.63. The van der Waals surface area contributed by atoms with Crippen molar-refractivity contribution in [1.82, 2.24) is 10.2 Å². The molecule has 1 aromatic rings. The maximum Gasteiger partial charge on any atom is 0.237 e. The van der Waals surface area contributed by atoms with Crippen LogP contribution in [-0.4, -0.2) is 36.5 Å². The molecule has 1 unspecified atom stereocenters. The van der Waals surface area contributed by atoms with Gasteiger partial charge in [0.1, 0.15) is 18.2 Å². The summed E-state index contributed by atoms with van der Waals surface area (Å²) >= 11 is 0. The summed E-state index contributed by atoms with van der Waals surface area (Å²) in [6.07, 6.45) is 2.86. The highest BCUT2D eigenvalue weighted by Crippen LogP contribution is 2.27. The molecule has 2 aliphatic heterocycles. The highest BCUT2D eigenvalue weighted by molar-refractivity contribution is 5.81. The van der Waals surface area contributed by atoms with Gasteiger partial charge in [-0.15, -0.1) is 0 Å². The van der Waals surface area contributed by atoms with E-state index in [4.69, 9.17) is 4.74 Å². The molecule has 5 heteroatoms. The molecule has 4 nitrogen and oxygen atoms in total. The minimum Gasteiger partial charge on any atom is -0.492 e. The number of nitrogens with one attached hydrogen (secondary N) is 1. The molecule has 0 saturated carbocycles. The number of halogens is 1. The number of benzene rings is 1. The molecule has 0 aromatic heterocycles. The van der Waals surface area contributed by atoms with Gasteiger partial charge in [0, 0.05) is 25.2 Å². The van der Waals surface area contributed by atoms with E-state index in [1.165, 1.54) is 6.07 Å². The first-order valence-electron chi connectivity index (χ1n) is 7.17. The molecule has 1 fully saturated rings. The van der Waals surface area contributed by atoms with E-state index in [0.29, 0.717) is 31.0 Å². The Morgan fingerprint density at radius 1 is 1.35 bits per heavy atom. The number of hydrogen-bond acceptors (Lipinski definition) is 3. The number of ether oxygens (including phenoxy) is 1. The first-order valence-corrected chi connectivity index (χ1v) is 7.17. The van der Waals surface area contributed by atoms with Crippen LogP contribution in [0.15, 0.2) is 18.2 Å². The Hall–Kier alpha value is -1.62. The lowest BCUT2D eigenvalue weighted by atomic mass is 10.1.